The molecule has 0 atom stereocenters. The highest BCUT2D eigenvalue weighted by Gasteiger charge is 2.09. The Hall–Kier alpha value is -2.76. The predicted octanol–water partition coefficient (Wildman–Crippen LogP) is 1.52. The van der Waals surface area contributed by atoms with Gasteiger partial charge >= 0.3 is 0 Å². The van der Waals surface area contributed by atoms with Crippen LogP contribution in [0.4, 0.5) is 0 Å². The highest BCUT2D eigenvalue weighted by Crippen LogP contribution is 2.15. The van der Waals surface area contributed by atoms with E-state index >= 15 is 0 Å². The summed E-state index contributed by atoms with van der Waals surface area (Å²) in [6.45, 7) is 0.745. The van der Waals surface area contributed by atoms with E-state index in [1.165, 1.54) is 5.56 Å². The number of benzene rings is 1. The van der Waals surface area contributed by atoms with Crippen LogP contribution in [0, 0.1) is 0 Å². The molecule has 0 aliphatic carbocycles. The average molecular weight is 250 g/mol. The number of aromatic nitrogens is 6. The van der Waals surface area contributed by atoms with Gasteiger partial charge in [-0.1, -0.05) is 30.3 Å². The molecule has 0 spiro atoms. The van der Waals surface area contributed by atoms with E-state index in [4.69, 9.17) is 0 Å². The summed E-state index contributed by atoms with van der Waals surface area (Å²) in [5.74, 6) is 0. The maximum absolute atomic E-state index is 4.42. The van der Waals surface area contributed by atoms with Gasteiger partial charge in [-0.2, -0.15) is 0 Å². The van der Waals surface area contributed by atoms with E-state index < -0.39 is 0 Å². The molecule has 4 rings (SSSR count). The van der Waals surface area contributed by atoms with Crippen molar-refractivity contribution < 1.29 is 0 Å². The molecular weight excluding hydrogens is 240 g/mol. The normalized spacial score (nSPS) is 11.4. The van der Waals surface area contributed by atoms with Crippen molar-refractivity contribution in [2.75, 3.05) is 0 Å². The minimum absolute atomic E-state index is 0.733. The van der Waals surface area contributed by atoms with Crippen LogP contribution >= 0.6 is 0 Å². The minimum Gasteiger partial charge on any atom is -0.311 e. The molecule has 92 valence electrons. The lowest BCUT2D eigenvalue weighted by Gasteiger charge is -2.03. The number of fused-ring (bicyclic) bond motifs is 3. The summed E-state index contributed by atoms with van der Waals surface area (Å²) in [5, 5.41) is 7.93. The third kappa shape index (κ3) is 1.57. The Morgan fingerprint density at radius 3 is 2.68 bits per heavy atom. The van der Waals surface area contributed by atoms with Crippen molar-refractivity contribution in [2.24, 2.45) is 0 Å². The molecule has 19 heavy (non-hydrogen) atoms. The van der Waals surface area contributed by atoms with E-state index in [9.17, 15) is 0 Å². The molecule has 6 nitrogen and oxygen atoms in total. The second-order valence-corrected chi connectivity index (χ2v) is 4.34. The SMILES string of the molecule is c1ccc(Cn2cnc3c2ncn2cnnc32)cc1. The summed E-state index contributed by atoms with van der Waals surface area (Å²) in [4.78, 5) is 8.81. The average Bonchev–Trinajstić information content (AvgIpc) is 3.06. The van der Waals surface area contributed by atoms with Crippen molar-refractivity contribution in [2.45, 2.75) is 6.54 Å². The van der Waals surface area contributed by atoms with Crippen molar-refractivity contribution >= 4 is 16.8 Å². The first-order valence-corrected chi connectivity index (χ1v) is 5.95. The molecule has 0 amide bonds. The molecule has 0 bridgehead atoms. The second-order valence-electron chi connectivity index (χ2n) is 4.34. The molecule has 1 aromatic carbocycles. The van der Waals surface area contributed by atoms with E-state index in [1.807, 2.05) is 22.8 Å². The standard InChI is InChI=1S/C13H10N6/c1-2-4-10(5-3-1)6-18-7-14-11-12(18)15-8-19-9-16-17-13(11)19/h1-5,7-9H,6H2. The van der Waals surface area contributed by atoms with Crippen LogP contribution in [0.25, 0.3) is 16.8 Å². The number of imidazole rings is 1. The lowest BCUT2D eigenvalue weighted by atomic mass is 10.2. The van der Waals surface area contributed by atoms with Crippen LogP contribution in [0.1, 0.15) is 5.56 Å². The van der Waals surface area contributed by atoms with Gasteiger partial charge in [0.05, 0.1) is 12.9 Å². The maximum atomic E-state index is 4.42. The van der Waals surface area contributed by atoms with Gasteiger partial charge in [-0.3, -0.25) is 4.40 Å². The van der Waals surface area contributed by atoms with Crippen molar-refractivity contribution in [3.8, 4) is 0 Å². The summed E-state index contributed by atoms with van der Waals surface area (Å²) >= 11 is 0. The first-order valence-electron chi connectivity index (χ1n) is 5.95. The zero-order valence-corrected chi connectivity index (χ0v) is 10.0. The van der Waals surface area contributed by atoms with Gasteiger partial charge < -0.3 is 4.57 Å². The Kier molecular flexibility index (Phi) is 2.08. The Labute approximate surface area is 108 Å². The Morgan fingerprint density at radius 1 is 0.895 bits per heavy atom. The summed E-state index contributed by atoms with van der Waals surface area (Å²) in [5.41, 5.74) is 3.54. The van der Waals surface area contributed by atoms with Crippen molar-refractivity contribution in [1.29, 1.82) is 0 Å². The lowest BCUT2D eigenvalue weighted by molar-refractivity contribution is 0.812. The van der Waals surface area contributed by atoms with E-state index in [0.29, 0.717) is 0 Å². The first-order chi connectivity index (χ1) is 9.42. The van der Waals surface area contributed by atoms with Gasteiger partial charge in [0.1, 0.15) is 12.7 Å². The molecule has 4 aromatic rings. The Morgan fingerprint density at radius 2 is 1.79 bits per heavy atom. The maximum Gasteiger partial charge on any atom is 0.191 e. The Balaban J connectivity index is 1.87. The van der Waals surface area contributed by atoms with Crippen molar-refractivity contribution in [3.05, 3.63) is 54.9 Å². The minimum atomic E-state index is 0.733. The fourth-order valence-electron chi connectivity index (χ4n) is 2.18. The monoisotopic (exact) mass is 250 g/mol. The third-order valence-corrected chi connectivity index (χ3v) is 3.10. The molecule has 0 saturated carbocycles. The van der Waals surface area contributed by atoms with Gasteiger partial charge in [0.25, 0.3) is 0 Å². The third-order valence-electron chi connectivity index (χ3n) is 3.10. The Bertz CT molecular complexity index is 845. The van der Waals surface area contributed by atoms with Crippen LogP contribution in [0.15, 0.2) is 49.3 Å². The predicted molar refractivity (Wildman–Crippen MR) is 69.6 cm³/mol. The van der Waals surface area contributed by atoms with Gasteiger partial charge in [-0.05, 0) is 5.56 Å². The van der Waals surface area contributed by atoms with Gasteiger partial charge in [0.2, 0.25) is 0 Å². The van der Waals surface area contributed by atoms with E-state index in [0.717, 1.165) is 23.4 Å². The molecular formula is C13H10N6. The molecule has 0 saturated heterocycles. The summed E-state index contributed by atoms with van der Waals surface area (Å²) in [6, 6.07) is 10.2. The highest BCUT2D eigenvalue weighted by molar-refractivity contribution is 5.84. The van der Waals surface area contributed by atoms with Gasteiger partial charge in [-0.15, -0.1) is 10.2 Å². The molecule has 0 radical (unpaired) electrons. The summed E-state index contributed by atoms with van der Waals surface area (Å²) in [6.07, 6.45) is 5.12. The molecule has 0 aliphatic rings. The quantitative estimate of drug-likeness (QED) is 0.541. The van der Waals surface area contributed by atoms with Gasteiger partial charge in [-0.25, -0.2) is 9.97 Å². The topological polar surface area (TPSA) is 60.9 Å². The van der Waals surface area contributed by atoms with E-state index in [-0.39, 0.29) is 0 Å². The van der Waals surface area contributed by atoms with Crippen LogP contribution in [0.3, 0.4) is 0 Å². The van der Waals surface area contributed by atoms with Crippen molar-refractivity contribution in [1.82, 2.24) is 29.1 Å². The van der Waals surface area contributed by atoms with Crippen LogP contribution < -0.4 is 0 Å². The molecule has 0 fully saturated rings. The largest absolute Gasteiger partial charge is 0.311 e. The first kappa shape index (κ1) is 10.2. The van der Waals surface area contributed by atoms with Crippen LogP contribution in [0.2, 0.25) is 0 Å². The molecule has 0 N–H and O–H groups in total. The fourth-order valence-corrected chi connectivity index (χ4v) is 2.18. The van der Waals surface area contributed by atoms with Crippen LogP contribution in [-0.4, -0.2) is 29.1 Å². The van der Waals surface area contributed by atoms with Crippen LogP contribution in [0.5, 0.6) is 0 Å². The number of hydrogen-bond donors (Lipinski definition) is 0. The van der Waals surface area contributed by atoms with E-state index in [2.05, 4.69) is 32.3 Å². The summed E-state index contributed by atoms with van der Waals surface area (Å²) < 4.78 is 3.78. The second kappa shape index (κ2) is 3.88. The highest BCUT2D eigenvalue weighted by atomic mass is 15.3. The zero-order valence-electron chi connectivity index (χ0n) is 10.0. The fraction of sp³-hybridized carbons (Fsp3) is 0.0769. The molecule has 3 aromatic heterocycles. The smallest absolute Gasteiger partial charge is 0.191 e. The van der Waals surface area contributed by atoms with Gasteiger partial charge in [0.15, 0.2) is 16.8 Å². The molecule has 6 heteroatoms. The molecule has 3 heterocycles. The van der Waals surface area contributed by atoms with E-state index in [1.54, 1.807) is 23.4 Å². The van der Waals surface area contributed by atoms with Crippen molar-refractivity contribution in [3.63, 3.8) is 0 Å². The summed E-state index contributed by atoms with van der Waals surface area (Å²) in [7, 11) is 0. The number of rotatable bonds is 2. The van der Waals surface area contributed by atoms with Crippen LogP contribution in [-0.2, 0) is 6.54 Å². The zero-order chi connectivity index (χ0) is 12.7. The number of hydrogen-bond acceptors (Lipinski definition) is 4. The molecule has 0 unspecified atom stereocenters. The molecule has 0 aliphatic heterocycles. The van der Waals surface area contributed by atoms with Gasteiger partial charge in [0, 0.05) is 0 Å². The number of nitrogens with zero attached hydrogens (tertiary/aromatic N) is 6. The lowest BCUT2D eigenvalue weighted by Crippen LogP contribution is -1.99.